The molecule has 0 aliphatic carbocycles. The number of aromatic nitrogens is 1. The van der Waals surface area contributed by atoms with Crippen LogP contribution in [0.3, 0.4) is 0 Å². The van der Waals surface area contributed by atoms with Crippen LogP contribution in [0.1, 0.15) is 21.6 Å². The van der Waals surface area contributed by atoms with Crippen LogP contribution >= 0.6 is 0 Å². The number of pyridine rings is 1. The van der Waals surface area contributed by atoms with Gasteiger partial charge in [-0.05, 0) is 42.0 Å². The third kappa shape index (κ3) is 4.86. The van der Waals surface area contributed by atoms with Gasteiger partial charge in [-0.3, -0.25) is 9.78 Å². The van der Waals surface area contributed by atoms with E-state index >= 15 is 0 Å². The van der Waals surface area contributed by atoms with Crippen LogP contribution in [0.2, 0.25) is 0 Å². The Hall–Kier alpha value is -3.28. The minimum atomic E-state index is -0.792. The van der Waals surface area contributed by atoms with E-state index in [2.05, 4.69) is 10.3 Å². The van der Waals surface area contributed by atoms with E-state index in [9.17, 15) is 13.6 Å². The molecule has 0 bridgehead atoms. The predicted octanol–water partition coefficient (Wildman–Crippen LogP) is 3.87. The van der Waals surface area contributed by atoms with Crippen molar-refractivity contribution in [3.05, 3.63) is 95.3 Å². The molecule has 0 aliphatic heterocycles. The molecule has 0 fully saturated rings. The van der Waals surface area contributed by atoms with Crippen LogP contribution in [-0.2, 0) is 13.2 Å². The van der Waals surface area contributed by atoms with Crippen LogP contribution in [0.5, 0.6) is 5.75 Å². The smallest absolute Gasteiger partial charge is 0.251 e. The summed E-state index contributed by atoms with van der Waals surface area (Å²) in [5, 5.41) is 2.63. The number of nitrogens with zero attached hydrogens (tertiary/aromatic N) is 1. The van der Waals surface area contributed by atoms with Crippen LogP contribution < -0.4 is 10.1 Å². The standard InChI is InChI=1S/C20H16F2N2O2/c21-16-9-15(10-17(22)11-16)20(25)24-12-14-4-3-6-19(8-14)26-13-18-5-1-2-7-23-18/h1-11H,12-13H2,(H,24,25). The molecule has 0 saturated heterocycles. The molecular formula is C20H16F2N2O2. The van der Waals surface area contributed by atoms with Crippen molar-refractivity contribution in [3.63, 3.8) is 0 Å². The number of halogens is 2. The zero-order valence-corrected chi connectivity index (χ0v) is 13.8. The van der Waals surface area contributed by atoms with Gasteiger partial charge in [-0.25, -0.2) is 8.78 Å². The molecule has 4 nitrogen and oxygen atoms in total. The lowest BCUT2D eigenvalue weighted by molar-refractivity contribution is 0.0950. The van der Waals surface area contributed by atoms with Gasteiger partial charge in [0.15, 0.2) is 0 Å². The van der Waals surface area contributed by atoms with Crippen LogP contribution in [0.4, 0.5) is 8.78 Å². The number of hydrogen-bond acceptors (Lipinski definition) is 3. The minimum absolute atomic E-state index is 0.0648. The van der Waals surface area contributed by atoms with Gasteiger partial charge in [0, 0.05) is 24.4 Å². The van der Waals surface area contributed by atoms with E-state index in [1.54, 1.807) is 24.4 Å². The van der Waals surface area contributed by atoms with Crippen molar-refractivity contribution < 1.29 is 18.3 Å². The third-order valence-corrected chi connectivity index (χ3v) is 3.59. The predicted molar refractivity (Wildman–Crippen MR) is 92.5 cm³/mol. The lowest BCUT2D eigenvalue weighted by atomic mass is 10.1. The number of benzene rings is 2. The summed E-state index contributed by atoms with van der Waals surface area (Å²) in [6.45, 7) is 0.539. The highest BCUT2D eigenvalue weighted by atomic mass is 19.1. The first-order valence-corrected chi connectivity index (χ1v) is 7.96. The molecule has 1 N–H and O–H groups in total. The molecule has 1 heterocycles. The molecule has 0 spiro atoms. The number of ether oxygens (including phenoxy) is 1. The van der Waals surface area contributed by atoms with E-state index in [1.165, 1.54) is 0 Å². The van der Waals surface area contributed by atoms with E-state index in [1.807, 2.05) is 24.3 Å². The fourth-order valence-electron chi connectivity index (χ4n) is 2.36. The molecule has 132 valence electrons. The van der Waals surface area contributed by atoms with E-state index < -0.39 is 17.5 Å². The summed E-state index contributed by atoms with van der Waals surface area (Å²) in [6.07, 6.45) is 1.69. The number of carbonyl (C=O) groups is 1. The second-order valence-corrected chi connectivity index (χ2v) is 5.60. The largest absolute Gasteiger partial charge is 0.487 e. The molecule has 1 amide bonds. The Morgan fingerprint density at radius 3 is 2.54 bits per heavy atom. The monoisotopic (exact) mass is 354 g/mol. The van der Waals surface area contributed by atoms with E-state index in [-0.39, 0.29) is 12.1 Å². The first-order valence-electron chi connectivity index (χ1n) is 7.96. The lowest BCUT2D eigenvalue weighted by Gasteiger charge is -2.09. The summed E-state index contributed by atoms with van der Waals surface area (Å²) in [5.41, 5.74) is 1.54. The van der Waals surface area contributed by atoms with Gasteiger partial charge in [0.1, 0.15) is 24.0 Å². The van der Waals surface area contributed by atoms with Crippen LogP contribution in [0.15, 0.2) is 66.9 Å². The van der Waals surface area contributed by atoms with Crippen molar-refractivity contribution in [2.24, 2.45) is 0 Å². The molecule has 3 rings (SSSR count). The molecular weight excluding hydrogens is 338 g/mol. The Morgan fingerprint density at radius 1 is 1.00 bits per heavy atom. The van der Waals surface area contributed by atoms with E-state index in [0.717, 1.165) is 29.5 Å². The zero-order valence-electron chi connectivity index (χ0n) is 13.8. The van der Waals surface area contributed by atoms with Gasteiger partial charge in [0.2, 0.25) is 0 Å². The number of amides is 1. The topological polar surface area (TPSA) is 51.2 Å². The quantitative estimate of drug-likeness (QED) is 0.731. The number of rotatable bonds is 6. The Morgan fingerprint density at radius 2 is 1.81 bits per heavy atom. The highest BCUT2D eigenvalue weighted by Crippen LogP contribution is 2.15. The van der Waals surface area contributed by atoms with Crippen LogP contribution in [-0.4, -0.2) is 10.9 Å². The number of carbonyl (C=O) groups excluding carboxylic acids is 1. The molecule has 0 saturated carbocycles. The Kier molecular flexibility index (Phi) is 5.53. The van der Waals surface area contributed by atoms with Crippen LogP contribution in [0.25, 0.3) is 0 Å². The highest BCUT2D eigenvalue weighted by molar-refractivity contribution is 5.94. The molecule has 6 heteroatoms. The van der Waals surface area contributed by atoms with Gasteiger partial charge in [0.05, 0.1) is 5.69 Å². The van der Waals surface area contributed by atoms with Gasteiger partial charge in [-0.15, -0.1) is 0 Å². The maximum Gasteiger partial charge on any atom is 0.251 e. The number of hydrogen-bond donors (Lipinski definition) is 1. The molecule has 26 heavy (non-hydrogen) atoms. The van der Waals surface area contributed by atoms with Crippen molar-refractivity contribution in [2.45, 2.75) is 13.2 Å². The van der Waals surface area contributed by atoms with Crippen molar-refractivity contribution >= 4 is 5.91 Å². The summed E-state index contributed by atoms with van der Waals surface area (Å²) in [4.78, 5) is 16.2. The third-order valence-electron chi connectivity index (χ3n) is 3.59. The van der Waals surface area contributed by atoms with Gasteiger partial charge in [-0.2, -0.15) is 0 Å². The van der Waals surface area contributed by atoms with Gasteiger partial charge < -0.3 is 10.1 Å². The molecule has 0 radical (unpaired) electrons. The zero-order chi connectivity index (χ0) is 18.4. The maximum atomic E-state index is 13.2. The van der Waals surface area contributed by atoms with Crippen molar-refractivity contribution in [1.29, 1.82) is 0 Å². The minimum Gasteiger partial charge on any atom is -0.487 e. The maximum absolute atomic E-state index is 13.2. The first-order chi connectivity index (χ1) is 12.6. The molecule has 0 aliphatic rings. The molecule has 0 unspecified atom stereocenters. The molecule has 3 aromatic rings. The van der Waals surface area contributed by atoms with Gasteiger partial charge >= 0.3 is 0 Å². The summed E-state index contributed by atoms with van der Waals surface area (Å²) in [6, 6.07) is 15.5. The Balaban J connectivity index is 1.59. The van der Waals surface area contributed by atoms with E-state index in [0.29, 0.717) is 12.4 Å². The molecule has 2 aromatic carbocycles. The SMILES string of the molecule is O=C(NCc1cccc(OCc2ccccn2)c1)c1cc(F)cc(F)c1. The van der Waals surface area contributed by atoms with Crippen molar-refractivity contribution in [3.8, 4) is 5.75 Å². The second-order valence-electron chi connectivity index (χ2n) is 5.60. The van der Waals surface area contributed by atoms with E-state index in [4.69, 9.17) is 4.74 Å². The summed E-state index contributed by atoms with van der Waals surface area (Å²) in [5.74, 6) is -1.50. The summed E-state index contributed by atoms with van der Waals surface area (Å²) in [7, 11) is 0. The second kappa shape index (κ2) is 8.20. The lowest BCUT2D eigenvalue weighted by Crippen LogP contribution is -2.23. The van der Waals surface area contributed by atoms with Crippen molar-refractivity contribution in [2.75, 3.05) is 0 Å². The average molecular weight is 354 g/mol. The Labute approximate surface area is 149 Å². The van der Waals surface area contributed by atoms with Crippen molar-refractivity contribution in [1.82, 2.24) is 10.3 Å². The molecule has 1 aromatic heterocycles. The number of nitrogens with one attached hydrogen (secondary N) is 1. The summed E-state index contributed by atoms with van der Waals surface area (Å²) < 4.78 is 32.1. The first kappa shape index (κ1) is 17.5. The summed E-state index contributed by atoms with van der Waals surface area (Å²) >= 11 is 0. The van der Waals surface area contributed by atoms with Gasteiger partial charge in [0.25, 0.3) is 5.91 Å². The Bertz CT molecular complexity index is 881. The fourth-order valence-corrected chi connectivity index (χ4v) is 2.36. The fraction of sp³-hybridized carbons (Fsp3) is 0.100. The highest BCUT2D eigenvalue weighted by Gasteiger charge is 2.09. The van der Waals surface area contributed by atoms with Crippen LogP contribution in [0, 0.1) is 11.6 Å². The average Bonchev–Trinajstić information content (AvgIpc) is 2.65. The van der Waals surface area contributed by atoms with Gasteiger partial charge in [-0.1, -0.05) is 18.2 Å². The molecule has 0 atom stereocenters. The normalized spacial score (nSPS) is 10.4.